The number of para-hydroxylation sites is 1. The molecule has 2 aromatic rings. The molecule has 1 N–H and O–H groups in total. The summed E-state index contributed by atoms with van der Waals surface area (Å²) in [5, 5.41) is 2.83. The molecule has 2 fully saturated rings. The number of hydrogen-bond donors (Lipinski definition) is 1. The Morgan fingerprint density at radius 3 is 2.53 bits per heavy atom. The van der Waals surface area contributed by atoms with Crippen LogP contribution in [0.5, 0.6) is 11.5 Å². The minimum atomic E-state index is -0.443. The highest BCUT2D eigenvalue weighted by Gasteiger charge is 2.61. The van der Waals surface area contributed by atoms with Crippen LogP contribution < -0.4 is 19.7 Å². The van der Waals surface area contributed by atoms with E-state index in [1.54, 1.807) is 42.5 Å². The first-order valence-electron chi connectivity index (χ1n) is 10.6. The van der Waals surface area contributed by atoms with E-state index in [0.29, 0.717) is 22.9 Å². The Morgan fingerprint density at radius 1 is 1.03 bits per heavy atom. The zero-order valence-electron chi connectivity index (χ0n) is 18.1. The molecule has 1 heterocycles. The van der Waals surface area contributed by atoms with Crippen molar-refractivity contribution in [2.75, 3.05) is 24.4 Å². The van der Waals surface area contributed by atoms with Crippen LogP contribution in [0.4, 0.5) is 11.4 Å². The second kappa shape index (κ2) is 7.51. The fourth-order valence-corrected chi connectivity index (χ4v) is 5.47. The summed E-state index contributed by atoms with van der Waals surface area (Å²) >= 11 is 0. The van der Waals surface area contributed by atoms with Gasteiger partial charge in [0.15, 0.2) is 0 Å². The number of ether oxygens (including phenoxy) is 2. The molecule has 3 aliphatic rings. The summed E-state index contributed by atoms with van der Waals surface area (Å²) in [6, 6.07) is 11.8. The quantitative estimate of drug-likeness (QED) is 0.576. The Morgan fingerprint density at radius 2 is 1.78 bits per heavy atom. The molecule has 5 rings (SSSR count). The van der Waals surface area contributed by atoms with Crippen molar-refractivity contribution in [2.24, 2.45) is 23.7 Å². The summed E-state index contributed by atoms with van der Waals surface area (Å²) in [5.41, 5.74) is 2.18. The fraction of sp³-hybridized carbons (Fsp3) is 0.320. The minimum Gasteiger partial charge on any atom is -0.497 e. The molecule has 164 valence electrons. The smallest absolute Gasteiger partial charge is 0.257 e. The molecule has 32 heavy (non-hydrogen) atoms. The van der Waals surface area contributed by atoms with Gasteiger partial charge in [-0.1, -0.05) is 23.8 Å². The molecule has 1 saturated heterocycles. The summed E-state index contributed by atoms with van der Waals surface area (Å²) in [4.78, 5) is 41.1. The molecule has 0 spiro atoms. The number of rotatable bonds is 5. The number of nitrogens with one attached hydrogen (secondary N) is 1. The monoisotopic (exact) mass is 432 g/mol. The number of carbonyl (C=O) groups is 3. The van der Waals surface area contributed by atoms with Gasteiger partial charge >= 0.3 is 0 Å². The predicted octanol–water partition coefficient (Wildman–Crippen LogP) is 3.66. The van der Waals surface area contributed by atoms with Crippen molar-refractivity contribution in [3.63, 3.8) is 0 Å². The summed E-state index contributed by atoms with van der Waals surface area (Å²) < 4.78 is 10.6. The van der Waals surface area contributed by atoms with Crippen LogP contribution in [0, 0.1) is 23.7 Å². The summed E-state index contributed by atoms with van der Waals surface area (Å²) in [6.45, 7) is 2.03. The maximum atomic E-state index is 13.4. The lowest BCUT2D eigenvalue weighted by Crippen LogP contribution is -2.34. The van der Waals surface area contributed by atoms with Gasteiger partial charge in [-0.05, 0) is 49.4 Å². The van der Waals surface area contributed by atoms with Gasteiger partial charge in [0, 0.05) is 6.07 Å². The molecule has 1 aliphatic heterocycles. The highest BCUT2D eigenvalue weighted by Crippen LogP contribution is 2.56. The molecule has 2 aliphatic carbocycles. The molecular formula is C25H24N2O5. The molecule has 1 saturated carbocycles. The van der Waals surface area contributed by atoms with E-state index in [2.05, 4.69) is 11.4 Å². The van der Waals surface area contributed by atoms with Crippen LogP contribution in [0.1, 0.15) is 23.7 Å². The Hall–Kier alpha value is -3.61. The second-order valence-electron chi connectivity index (χ2n) is 8.52. The van der Waals surface area contributed by atoms with Crippen LogP contribution in [0.25, 0.3) is 0 Å². The number of allylic oxidation sites excluding steroid dienone is 2. The first kappa shape index (κ1) is 20.3. The first-order valence-corrected chi connectivity index (χ1v) is 10.6. The molecule has 2 aromatic carbocycles. The highest BCUT2D eigenvalue weighted by atomic mass is 16.5. The third-order valence-corrected chi connectivity index (χ3v) is 6.93. The van der Waals surface area contributed by atoms with E-state index in [4.69, 9.17) is 9.47 Å². The number of fused-ring (bicyclic) bond motifs is 5. The molecule has 4 atom stereocenters. The van der Waals surface area contributed by atoms with Crippen LogP contribution in [-0.4, -0.2) is 31.9 Å². The molecule has 7 heteroatoms. The lowest BCUT2D eigenvalue weighted by Gasteiger charge is -2.21. The number of benzene rings is 2. The number of carbonyl (C=O) groups excluding carboxylic acids is 3. The van der Waals surface area contributed by atoms with Gasteiger partial charge < -0.3 is 14.8 Å². The normalized spacial score (nSPS) is 25.6. The number of methoxy groups -OCH3 is 2. The molecule has 0 radical (unpaired) electrons. The molecule has 7 nitrogen and oxygen atoms in total. The lowest BCUT2D eigenvalue weighted by atomic mass is 9.82. The molecular weight excluding hydrogens is 408 g/mol. The van der Waals surface area contributed by atoms with Crippen molar-refractivity contribution >= 4 is 29.1 Å². The van der Waals surface area contributed by atoms with E-state index in [1.807, 2.05) is 6.92 Å². The average molecular weight is 432 g/mol. The van der Waals surface area contributed by atoms with Gasteiger partial charge in [-0.2, -0.15) is 0 Å². The van der Waals surface area contributed by atoms with E-state index < -0.39 is 5.91 Å². The van der Waals surface area contributed by atoms with Gasteiger partial charge in [0.05, 0.1) is 43.0 Å². The maximum Gasteiger partial charge on any atom is 0.257 e. The number of hydrogen-bond acceptors (Lipinski definition) is 5. The van der Waals surface area contributed by atoms with Gasteiger partial charge in [-0.3, -0.25) is 14.4 Å². The fourth-order valence-electron chi connectivity index (χ4n) is 5.47. The number of anilines is 2. The first-order chi connectivity index (χ1) is 15.4. The largest absolute Gasteiger partial charge is 0.497 e. The Balaban J connectivity index is 1.48. The third-order valence-electron chi connectivity index (χ3n) is 6.93. The molecule has 0 unspecified atom stereocenters. The number of amides is 3. The van der Waals surface area contributed by atoms with E-state index in [0.717, 1.165) is 6.42 Å². The van der Waals surface area contributed by atoms with Crippen molar-refractivity contribution in [3.05, 3.63) is 59.7 Å². The van der Waals surface area contributed by atoms with Gasteiger partial charge in [0.25, 0.3) is 5.91 Å². The lowest BCUT2D eigenvalue weighted by molar-refractivity contribution is -0.123. The predicted molar refractivity (Wildman–Crippen MR) is 119 cm³/mol. The minimum absolute atomic E-state index is 0.105. The van der Waals surface area contributed by atoms with Gasteiger partial charge in [-0.15, -0.1) is 0 Å². The van der Waals surface area contributed by atoms with Crippen LogP contribution in [0.2, 0.25) is 0 Å². The molecule has 3 amide bonds. The van der Waals surface area contributed by atoms with Crippen molar-refractivity contribution in [1.29, 1.82) is 0 Å². The van der Waals surface area contributed by atoms with Crippen molar-refractivity contribution in [1.82, 2.24) is 0 Å². The van der Waals surface area contributed by atoms with Gasteiger partial charge in [0.2, 0.25) is 11.8 Å². The maximum absolute atomic E-state index is 13.4. The highest BCUT2D eigenvalue weighted by molar-refractivity contribution is 6.25. The molecule has 0 aromatic heterocycles. The zero-order chi connectivity index (χ0) is 22.6. The van der Waals surface area contributed by atoms with Crippen LogP contribution in [0.15, 0.2) is 54.1 Å². The summed E-state index contributed by atoms with van der Waals surface area (Å²) in [6.07, 6.45) is 3.00. The number of nitrogens with zero attached hydrogens (tertiary/aromatic N) is 1. The Bertz CT molecular complexity index is 1170. The summed E-state index contributed by atoms with van der Waals surface area (Å²) in [5.74, 6) is -0.264. The van der Waals surface area contributed by atoms with Crippen molar-refractivity contribution in [3.8, 4) is 11.5 Å². The van der Waals surface area contributed by atoms with E-state index in [-0.39, 0.29) is 41.0 Å². The third kappa shape index (κ3) is 2.92. The summed E-state index contributed by atoms with van der Waals surface area (Å²) in [7, 11) is 3.05. The van der Waals surface area contributed by atoms with Gasteiger partial charge in [-0.25, -0.2) is 4.90 Å². The average Bonchev–Trinajstić information content (AvgIpc) is 3.43. The standard InChI is InChI=1S/C25H24N2O5/c1-13-10-14-11-17(13)22-21(14)24(29)27(25(22)30)19-7-5-4-6-16(19)23(28)26-18-12-15(31-2)8-9-20(18)32-3/h4-10,12,14,17,21-22H,11H2,1-3H3,(H,26,28)/t14-,17+,21+,22-/m0/s1. The van der Waals surface area contributed by atoms with Crippen molar-refractivity contribution in [2.45, 2.75) is 13.3 Å². The van der Waals surface area contributed by atoms with E-state index in [9.17, 15) is 14.4 Å². The zero-order valence-corrected chi connectivity index (χ0v) is 18.1. The van der Waals surface area contributed by atoms with E-state index in [1.165, 1.54) is 24.7 Å². The Labute approximate surface area is 186 Å². The van der Waals surface area contributed by atoms with Crippen LogP contribution in [-0.2, 0) is 9.59 Å². The molecule has 2 bridgehead atoms. The topological polar surface area (TPSA) is 84.9 Å². The SMILES string of the molecule is COc1ccc(OC)c(NC(=O)c2ccccc2N2C(=O)[C@@H]3[C@H](C2=O)[C@H]2C=C(C)[C@H]3C2)c1. The van der Waals surface area contributed by atoms with Crippen LogP contribution in [0.3, 0.4) is 0 Å². The van der Waals surface area contributed by atoms with Crippen LogP contribution >= 0.6 is 0 Å². The second-order valence-corrected chi connectivity index (χ2v) is 8.52. The Kier molecular flexibility index (Phi) is 4.77. The van der Waals surface area contributed by atoms with Crippen molar-refractivity contribution < 1.29 is 23.9 Å². The van der Waals surface area contributed by atoms with E-state index >= 15 is 0 Å². The number of imide groups is 1. The van der Waals surface area contributed by atoms with Gasteiger partial charge in [0.1, 0.15) is 11.5 Å².